The summed E-state index contributed by atoms with van der Waals surface area (Å²) in [5.41, 5.74) is 1.55. The van der Waals surface area contributed by atoms with Gasteiger partial charge in [0.1, 0.15) is 16.1 Å². The van der Waals surface area contributed by atoms with E-state index in [-0.39, 0.29) is 0 Å². The van der Waals surface area contributed by atoms with Gasteiger partial charge in [-0.1, -0.05) is 47.5 Å². The predicted molar refractivity (Wildman–Crippen MR) is 86.3 cm³/mol. The summed E-state index contributed by atoms with van der Waals surface area (Å²) in [5, 5.41) is 2.72. The number of benzene rings is 2. The molecule has 0 N–H and O–H groups in total. The number of hydrogen-bond donors (Lipinski definition) is 0. The van der Waals surface area contributed by atoms with Crippen molar-refractivity contribution in [2.75, 3.05) is 7.11 Å². The van der Waals surface area contributed by atoms with Gasteiger partial charge >= 0.3 is 0 Å². The molecule has 0 unspecified atom stereocenters. The van der Waals surface area contributed by atoms with Crippen molar-refractivity contribution in [1.82, 2.24) is 9.97 Å². The molecule has 0 amide bonds. The zero-order valence-corrected chi connectivity index (χ0v) is 13.0. The van der Waals surface area contributed by atoms with E-state index in [0.29, 0.717) is 21.7 Å². The van der Waals surface area contributed by atoms with E-state index in [1.807, 2.05) is 36.4 Å². The third-order valence-corrected chi connectivity index (χ3v) is 4.11. The fourth-order valence-electron chi connectivity index (χ4n) is 2.23. The summed E-state index contributed by atoms with van der Waals surface area (Å²) >= 11 is 12.2. The van der Waals surface area contributed by atoms with Crippen molar-refractivity contribution in [3.8, 4) is 17.1 Å². The predicted octanol–water partition coefficient (Wildman–Crippen LogP) is 4.92. The molecule has 0 saturated heterocycles. The average molecular weight is 319 g/mol. The molecular weight excluding hydrogens is 307 g/mol. The van der Waals surface area contributed by atoms with Crippen molar-refractivity contribution < 1.29 is 4.74 Å². The van der Waals surface area contributed by atoms with E-state index in [1.54, 1.807) is 14.0 Å². The third kappa shape index (κ3) is 2.43. The van der Waals surface area contributed by atoms with Gasteiger partial charge in [0.05, 0.1) is 7.11 Å². The van der Waals surface area contributed by atoms with Crippen molar-refractivity contribution in [3.05, 3.63) is 52.3 Å². The van der Waals surface area contributed by atoms with Gasteiger partial charge in [-0.15, -0.1) is 0 Å². The maximum absolute atomic E-state index is 6.12. The van der Waals surface area contributed by atoms with E-state index in [4.69, 9.17) is 27.9 Å². The third-order valence-electron chi connectivity index (χ3n) is 3.37. The highest BCUT2D eigenvalue weighted by Gasteiger charge is 2.13. The normalized spacial score (nSPS) is 10.9. The fraction of sp³-hybridized carbons (Fsp3) is 0.125. The molecule has 0 spiro atoms. The number of halogens is 2. The van der Waals surface area contributed by atoms with E-state index in [1.165, 1.54) is 0 Å². The van der Waals surface area contributed by atoms with Crippen LogP contribution in [0, 0.1) is 6.92 Å². The summed E-state index contributed by atoms with van der Waals surface area (Å²) in [7, 11) is 1.65. The highest BCUT2D eigenvalue weighted by molar-refractivity contribution is 6.34. The Balaban J connectivity index is 2.31. The zero-order valence-electron chi connectivity index (χ0n) is 11.5. The standard InChI is InChI=1S/C16H12Cl2N2O/c1-9-14(17)19-16(20-15(9)18)12-7-8-13(21-2)11-6-4-3-5-10(11)12/h3-8H,1-2H3. The first kappa shape index (κ1) is 14.1. The summed E-state index contributed by atoms with van der Waals surface area (Å²) in [5.74, 6) is 1.31. The Labute approximate surface area is 132 Å². The number of nitrogens with zero attached hydrogens (tertiary/aromatic N) is 2. The van der Waals surface area contributed by atoms with E-state index in [2.05, 4.69) is 9.97 Å². The molecule has 21 heavy (non-hydrogen) atoms. The molecule has 106 valence electrons. The first-order valence-corrected chi connectivity index (χ1v) is 7.13. The maximum atomic E-state index is 6.12. The lowest BCUT2D eigenvalue weighted by Crippen LogP contribution is -1.95. The second-order valence-corrected chi connectivity index (χ2v) is 5.33. The first-order valence-electron chi connectivity index (χ1n) is 6.37. The second-order valence-electron chi connectivity index (χ2n) is 4.61. The Morgan fingerprint density at radius 1 is 0.905 bits per heavy atom. The van der Waals surface area contributed by atoms with Crippen molar-refractivity contribution in [3.63, 3.8) is 0 Å². The SMILES string of the molecule is COc1ccc(-c2nc(Cl)c(C)c(Cl)n2)c2ccccc12. The topological polar surface area (TPSA) is 35.0 Å². The highest BCUT2D eigenvalue weighted by Crippen LogP contribution is 2.34. The molecule has 0 atom stereocenters. The number of methoxy groups -OCH3 is 1. The summed E-state index contributed by atoms with van der Waals surface area (Å²) in [6.07, 6.45) is 0. The zero-order chi connectivity index (χ0) is 15.0. The molecule has 1 heterocycles. The Bertz CT molecular complexity index is 811. The molecule has 0 aliphatic carbocycles. The lowest BCUT2D eigenvalue weighted by molar-refractivity contribution is 0.420. The van der Waals surface area contributed by atoms with Crippen LogP contribution >= 0.6 is 23.2 Å². The number of fused-ring (bicyclic) bond motifs is 1. The van der Waals surface area contributed by atoms with Gasteiger partial charge in [0.15, 0.2) is 5.82 Å². The number of ether oxygens (including phenoxy) is 1. The summed E-state index contributed by atoms with van der Waals surface area (Å²) in [6.45, 7) is 1.79. The molecule has 3 nitrogen and oxygen atoms in total. The van der Waals surface area contributed by atoms with Gasteiger partial charge in [-0.05, 0) is 24.4 Å². The number of rotatable bonds is 2. The Morgan fingerprint density at radius 2 is 1.52 bits per heavy atom. The first-order chi connectivity index (χ1) is 10.1. The minimum absolute atomic E-state index is 0.366. The maximum Gasteiger partial charge on any atom is 0.163 e. The van der Waals surface area contributed by atoms with E-state index in [9.17, 15) is 0 Å². The quantitative estimate of drug-likeness (QED) is 0.629. The molecule has 1 aromatic heterocycles. The molecule has 0 aliphatic heterocycles. The van der Waals surface area contributed by atoms with Crippen molar-refractivity contribution in [1.29, 1.82) is 0 Å². The summed E-state index contributed by atoms with van der Waals surface area (Å²) < 4.78 is 5.39. The van der Waals surface area contributed by atoms with Crippen LogP contribution in [-0.2, 0) is 0 Å². The summed E-state index contributed by atoms with van der Waals surface area (Å²) in [4.78, 5) is 8.68. The largest absolute Gasteiger partial charge is 0.496 e. The molecule has 0 bridgehead atoms. The van der Waals surface area contributed by atoms with Crippen LogP contribution in [0.2, 0.25) is 10.3 Å². The molecule has 0 saturated carbocycles. The highest BCUT2D eigenvalue weighted by atomic mass is 35.5. The monoisotopic (exact) mass is 318 g/mol. The smallest absolute Gasteiger partial charge is 0.163 e. The Kier molecular flexibility index (Phi) is 3.70. The van der Waals surface area contributed by atoms with E-state index >= 15 is 0 Å². The van der Waals surface area contributed by atoms with Gasteiger partial charge in [-0.2, -0.15) is 0 Å². The van der Waals surface area contributed by atoms with Crippen LogP contribution in [0.15, 0.2) is 36.4 Å². The molecular formula is C16H12Cl2N2O. The number of aromatic nitrogens is 2. The molecule has 2 aromatic carbocycles. The minimum Gasteiger partial charge on any atom is -0.496 e. The average Bonchev–Trinajstić information content (AvgIpc) is 2.51. The van der Waals surface area contributed by atoms with Gasteiger partial charge in [0, 0.05) is 16.5 Å². The molecule has 3 aromatic rings. The van der Waals surface area contributed by atoms with Gasteiger partial charge in [0.25, 0.3) is 0 Å². The van der Waals surface area contributed by atoms with Crippen molar-refractivity contribution in [2.24, 2.45) is 0 Å². The molecule has 5 heteroatoms. The van der Waals surface area contributed by atoms with Gasteiger partial charge in [-0.3, -0.25) is 0 Å². The van der Waals surface area contributed by atoms with Crippen LogP contribution < -0.4 is 4.74 Å². The Morgan fingerprint density at radius 3 is 2.14 bits per heavy atom. The molecule has 0 aliphatic rings. The summed E-state index contributed by atoms with van der Waals surface area (Å²) in [6, 6.07) is 11.7. The molecule has 0 fully saturated rings. The Hall–Kier alpha value is -1.84. The van der Waals surface area contributed by atoms with Crippen LogP contribution in [0.4, 0.5) is 0 Å². The minimum atomic E-state index is 0.366. The van der Waals surface area contributed by atoms with E-state index in [0.717, 1.165) is 22.1 Å². The van der Waals surface area contributed by atoms with Crippen molar-refractivity contribution in [2.45, 2.75) is 6.92 Å². The van der Waals surface area contributed by atoms with Crippen LogP contribution in [0.5, 0.6) is 5.75 Å². The lowest BCUT2D eigenvalue weighted by atomic mass is 10.0. The van der Waals surface area contributed by atoms with Crippen LogP contribution in [-0.4, -0.2) is 17.1 Å². The van der Waals surface area contributed by atoms with Crippen LogP contribution in [0.1, 0.15) is 5.56 Å². The van der Waals surface area contributed by atoms with Crippen LogP contribution in [0.25, 0.3) is 22.2 Å². The number of hydrogen-bond acceptors (Lipinski definition) is 3. The van der Waals surface area contributed by atoms with E-state index < -0.39 is 0 Å². The van der Waals surface area contributed by atoms with Crippen molar-refractivity contribution >= 4 is 34.0 Å². The molecule has 3 rings (SSSR count). The fourth-order valence-corrected chi connectivity index (χ4v) is 2.62. The molecule has 0 radical (unpaired) electrons. The van der Waals surface area contributed by atoms with Gasteiger partial charge < -0.3 is 4.74 Å². The van der Waals surface area contributed by atoms with Gasteiger partial charge in [0.2, 0.25) is 0 Å². The van der Waals surface area contributed by atoms with Crippen LogP contribution in [0.3, 0.4) is 0 Å². The second kappa shape index (κ2) is 5.51. The lowest BCUT2D eigenvalue weighted by Gasteiger charge is -2.10. The van der Waals surface area contributed by atoms with Gasteiger partial charge in [-0.25, -0.2) is 9.97 Å².